The second-order valence-electron chi connectivity index (χ2n) is 4.12. The van der Waals surface area contributed by atoms with E-state index in [9.17, 15) is 4.79 Å². The molecule has 2 rings (SSSR count). The Bertz CT molecular complexity index is 357. The molecule has 1 saturated carbocycles. The molecule has 0 radical (unpaired) electrons. The van der Waals surface area contributed by atoms with Crippen molar-refractivity contribution in [2.75, 3.05) is 0 Å². The summed E-state index contributed by atoms with van der Waals surface area (Å²) in [5.41, 5.74) is 0.623. The number of aromatic nitrogens is 1. The van der Waals surface area contributed by atoms with Gasteiger partial charge in [0.05, 0.1) is 5.56 Å². The van der Waals surface area contributed by atoms with Gasteiger partial charge in [-0.2, -0.15) is 0 Å². The predicted octanol–water partition coefficient (Wildman–Crippen LogP) is 2.37. The summed E-state index contributed by atoms with van der Waals surface area (Å²) in [6.07, 6.45) is 3.77. The smallest absolute Gasteiger partial charge is 0.253 e. The Balaban J connectivity index is 1.93. The van der Waals surface area contributed by atoms with Gasteiger partial charge < -0.3 is 5.32 Å². The Kier molecular flexibility index (Phi) is 3.05. The van der Waals surface area contributed by atoms with Gasteiger partial charge in [-0.1, -0.05) is 6.92 Å². The number of amides is 1. The summed E-state index contributed by atoms with van der Waals surface area (Å²) < 4.78 is 0.747. The summed E-state index contributed by atoms with van der Waals surface area (Å²) in [6, 6.07) is 3.91. The molecule has 1 fully saturated rings. The second-order valence-corrected chi connectivity index (χ2v) is 4.93. The molecule has 1 N–H and O–H groups in total. The fourth-order valence-corrected chi connectivity index (χ4v) is 2.03. The van der Waals surface area contributed by atoms with E-state index in [-0.39, 0.29) is 5.91 Å². The molecule has 0 atom stereocenters. The molecular formula is C11H13BrN2O. The first-order valence-electron chi connectivity index (χ1n) is 5.07. The Morgan fingerprint density at radius 1 is 1.53 bits per heavy atom. The van der Waals surface area contributed by atoms with Crippen LogP contribution in [0.1, 0.15) is 30.1 Å². The molecule has 1 aromatic rings. The van der Waals surface area contributed by atoms with E-state index >= 15 is 0 Å². The highest BCUT2D eigenvalue weighted by atomic mass is 79.9. The number of nitrogens with zero attached hydrogens (tertiary/aromatic N) is 1. The largest absolute Gasteiger partial charge is 0.349 e. The van der Waals surface area contributed by atoms with Crippen molar-refractivity contribution in [2.45, 2.75) is 25.8 Å². The number of hydrogen-bond acceptors (Lipinski definition) is 2. The molecule has 0 aliphatic heterocycles. The molecule has 0 bridgehead atoms. The fourth-order valence-electron chi connectivity index (χ4n) is 1.80. The molecular weight excluding hydrogens is 256 g/mol. The quantitative estimate of drug-likeness (QED) is 0.837. The van der Waals surface area contributed by atoms with E-state index in [1.165, 1.54) is 0 Å². The van der Waals surface area contributed by atoms with Crippen molar-refractivity contribution >= 4 is 21.8 Å². The number of carbonyl (C=O) groups is 1. The molecule has 1 amide bonds. The Morgan fingerprint density at radius 3 is 2.80 bits per heavy atom. The molecule has 0 spiro atoms. The normalized spacial score (nSPS) is 24.4. The Hall–Kier alpha value is -0.900. The summed E-state index contributed by atoms with van der Waals surface area (Å²) in [7, 11) is 0. The highest BCUT2D eigenvalue weighted by Crippen LogP contribution is 2.26. The number of nitrogens with one attached hydrogen (secondary N) is 1. The lowest BCUT2D eigenvalue weighted by Gasteiger charge is -2.33. The van der Waals surface area contributed by atoms with E-state index in [0.717, 1.165) is 23.4 Å². The number of rotatable bonds is 2. The van der Waals surface area contributed by atoms with Crippen LogP contribution < -0.4 is 5.32 Å². The maximum absolute atomic E-state index is 11.7. The minimum atomic E-state index is -0.0214. The SMILES string of the molecule is CC1CC(NC(=O)c2ccc(Br)nc2)C1. The third-order valence-corrected chi connectivity index (χ3v) is 3.17. The van der Waals surface area contributed by atoms with E-state index in [0.29, 0.717) is 11.6 Å². The summed E-state index contributed by atoms with van der Waals surface area (Å²) in [5, 5.41) is 2.99. The van der Waals surface area contributed by atoms with Crippen LogP contribution in [0.5, 0.6) is 0 Å². The van der Waals surface area contributed by atoms with Crippen LogP contribution in [0.4, 0.5) is 0 Å². The van der Waals surface area contributed by atoms with Gasteiger partial charge in [-0.05, 0) is 46.8 Å². The summed E-state index contributed by atoms with van der Waals surface area (Å²) in [5.74, 6) is 0.727. The maximum Gasteiger partial charge on any atom is 0.253 e. The fraction of sp³-hybridized carbons (Fsp3) is 0.455. The molecule has 80 valence electrons. The van der Waals surface area contributed by atoms with E-state index in [2.05, 4.69) is 33.2 Å². The molecule has 4 heteroatoms. The average Bonchev–Trinajstić information content (AvgIpc) is 2.16. The van der Waals surface area contributed by atoms with Crippen LogP contribution in [0.3, 0.4) is 0 Å². The van der Waals surface area contributed by atoms with E-state index in [1.54, 1.807) is 18.3 Å². The van der Waals surface area contributed by atoms with Crippen molar-refractivity contribution in [1.82, 2.24) is 10.3 Å². The van der Waals surface area contributed by atoms with Crippen molar-refractivity contribution in [2.24, 2.45) is 5.92 Å². The van der Waals surface area contributed by atoms with Gasteiger partial charge in [0.25, 0.3) is 5.91 Å². The lowest BCUT2D eigenvalue weighted by atomic mass is 9.82. The average molecular weight is 269 g/mol. The molecule has 0 saturated heterocycles. The summed E-state index contributed by atoms with van der Waals surface area (Å²) in [6.45, 7) is 2.20. The number of pyridine rings is 1. The van der Waals surface area contributed by atoms with Gasteiger partial charge in [-0.3, -0.25) is 4.79 Å². The first kappa shape index (κ1) is 10.6. The molecule has 1 aliphatic carbocycles. The van der Waals surface area contributed by atoms with Crippen LogP contribution >= 0.6 is 15.9 Å². The lowest BCUT2D eigenvalue weighted by Crippen LogP contribution is -2.43. The molecule has 0 unspecified atom stereocenters. The summed E-state index contributed by atoms with van der Waals surface area (Å²) >= 11 is 3.24. The number of carbonyl (C=O) groups excluding carboxylic acids is 1. The zero-order valence-electron chi connectivity index (χ0n) is 8.53. The lowest BCUT2D eigenvalue weighted by molar-refractivity contribution is 0.0895. The van der Waals surface area contributed by atoms with Gasteiger partial charge >= 0.3 is 0 Å². The van der Waals surface area contributed by atoms with Crippen molar-refractivity contribution in [3.05, 3.63) is 28.5 Å². The third kappa shape index (κ3) is 2.56. The minimum Gasteiger partial charge on any atom is -0.349 e. The first-order valence-corrected chi connectivity index (χ1v) is 5.87. The standard InChI is InChI=1S/C11H13BrN2O/c1-7-4-9(5-7)14-11(15)8-2-3-10(12)13-6-8/h2-3,6-7,9H,4-5H2,1H3,(H,14,15). The highest BCUT2D eigenvalue weighted by Gasteiger charge is 2.26. The molecule has 1 aromatic heterocycles. The molecule has 0 aromatic carbocycles. The van der Waals surface area contributed by atoms with Crippen molar-refractivity contribution < 1.29 is 4.79 Å². The molecule has 15 heavy (non-hydrogen) atoms. The third-order valence-electron chi connectivity index (χ3n) is 2.70. The van der Waals surface area contributed by atoms with E-state index in [4.69, 9.17) is 0 Å². The zero-order valence-corrected chi connectivity index (χ0v) is 10.1. The number of halogens is 1. The van der Waals surface area contributed by atoms with Crippen LogP contribution in [0.2, 0.25) is 0 Å². The summed E-state index contributed by atoms with van der Waals surface area (Å²) in [4.78, 5) is 15.7. The Morgan fingerprint density at radius 2 is 2.27 bits per heavy atom. The van der Waals surface area contributed by atoms with Crippen molar-refractivity contribution in [3.8, 4) is 0 Å². The molecule has 1 heterocycles. The molecule has 1 aliphatic rings. The van der Waals surface area contributed by atoms with Crippen LogP contribution in [-0.4, -0.2) is 16.9 Å². The topological polar surface area (TPSA) is 42.0 Å². The van der Waals surface area contributed by atoms with Crippen LogP contribution in [0.15, 0.2) is 22.9 Å². The predicted molar refractivity (Wildman–Crippen MR) is 61.6 cm³/mol. The monoisotopic (exact) mass is 268 g/mol. The highest BCUT2D eigenvalue weighted by molar-refractivity contribution is 9.10. The van der Waals surface area contributed by atoms with Gasteiger partial charge in [-0.25, -0.2) is 4.98 Å². The second kappa shape index (κ2) is 4.31. The van der Waals surface area contributed by atoms with E-state index in [1.807, 2.05) is 0 Å². The van der Waals surface area contributed by atoms with Crippen LogP contribution in [-0.2, 0) is 0 Å². The van der Waals surface area contributed by atoms with Crippen LogP contribution in [0.25, 0.3) is 0 Å². The van der Waals surface area contributed by atoms with Crippen LogP contribution in [0, 0.1) is 5.92 Å². The molecule has 3 nitrogen and oxygen atoms in total. The van der Waals surface area contributed by atoms with Gasteiger partial charge in [0.15, 0.2) is 0 Å². The van der Waals surface area contributed by atoms with E-state index < -0.39 is 0 Å². The minimum absolute atomic E-state index is 0.0214. The van der Waals surface area contributed by atoms with Gasteiger partial charge in [0.1, 0.15) is 4.60 Å². The number of hydrogen-bond donors (Lipinski definition) is 1. The van der Waals surface area contributed by atoms with Gasteiger partial charge in [0.2, 0.25) is 0 Å². The van der Waals surface area contributed by atoms with Crippen molar-refractivity contribution in [1.29, 1.82) is 0 Å². The zero-order chi connectivity index (χ0) is 10.8. The van der Waals surface area contributed by atoms with Gasteiger partial charge in [-0.15, -0.1) is 0 Å². The first-order chi connectivity index (χ1) is 7.15. The Labute approximate surface area is 97.4 Å². The van der Waals surface area contributed by atoms with Gasteiger partial charge in [0, 0.05) is 12.2 Å². The maximum atomic E-state index is 11.7. The van der Waals surface area contributed by atoms with Crippen molar-refractivity contribution in [3.63, 3.8) is 0 Å².